The molecule has 5 fully saturated rings. The van der Waals surface area contributed by atoms with Crippen molar-refractivity contribution in [1.82, 2.24) is 4.90 Å². The van der Waals surface area contributed by atoms with Gasteiger partial charge in [-0.15, -0.1) is 0 Å². The third kappa shape index (κ3) is 1.84. The van der Waals surface area contributed by atoms with Gasteiger partial charge < -0.3 is 9.64 Å². The quantitative estimate of drug-likeness (QED) is 0.770. The van der Waals surface area contributed by atoms with Gasteiger partial charge in [0.05, 0.1) is 12.7 Å². The third-order valence-corrected chi connectivity index (χ3v) is 8.12. The molecule has 21 heavy (non-hydrogen) atoms. The van der Waals surface area contributed by atoms with Crippen LogP contribution in [0.25, 0.3) is 0 Å². The van der Waals surface area contributed by atoms with Gasteiger partial charge in [-0.2, -0.15) is 0 Å². The highest BCUT2D eigenvalue weighted by Crippen LogP contribution is 2.74. The minimum absolute atomic E-state index is 0.630. The molecule has 0 bridgehead atoms. The maximum Gasteiger partial charge on any atom is 0.0643 e. The first-order valence-corrected chi connectivity index (χ1v) is 9.40. The van der Waals surface area contributed by atoms with Crippen LogP contribution >= 0.6 is 0 Å². The SMILES string of the molecule is CN(C)CC1COC2C1CCC1(CC1)C1CCC3(CC3)C21. The molecule has 5 unspecified atom stereocenters. The van der Waals surface area contributed by atoms with Gasteiger partial charge >= 0.3 is 0 Å². The number of hydrogen-bond acceptors (Lipinski definition) is 2. The largest absolute Gasteiger partial charge is 0.377 e. The van der Waals surface area contributed by atoms with E-state index in [2.05, 4.69) is 19.0 Å². The number of hydrogen-bond donors (Lipinski definition) is 0. The number of fused-ring (bicyclic) bond motifs is 5. The predicted octanol–water partition coefficient (Wildman–Crippen LogP) is 3.56. The zero-order valence-electron chi connectivity index (χ0n) is 13.8. The van der Waals surface area contributed by atoms with Crippen LogP contribution < -0.4 is 0 Å². The van der Waals surface area contributed by atoms with Crippen LogP contribution in [0.5, 0.6) is 0 Å². The second-order valence-electron chi connectivity index (χ2n) is 9.42. The Labute approximate surface area is 129 Å². The molecule has 0 N–H and O–H groups in total. The molecule has 0 radical (unpaired) electrons. The zero-order chi connectivity index (χ0) is 14.2. The fourth-order valence-electron chi connectivity index (χ4n) is 6.82. The Balaban J connectivity index is 1.47. The highest BCUT2D eigenvalue weighted by atomic mass is 16.5. The number of ether oxygens (including phenoxy) is 1. The summed E-state index contributed by atoms with van der Waals surface area (Å²) >= 11 is 0. The van der Waals surface area contributed by atoms with Gasteiger partial charge in [0.2, 0.25) is 0 Å². The highest BCUT2D eigenvalue weighted by molar-refractivity contribution is 5.17. The molecule has 2 spiro atoms. The summed E-state index contributed by atoms with van der Waals surface area (Å²) in [5.74, 6) is 3.65. The maximum atomic E-state index is 6.53. The summed E-state index contributed by atoms with van der Waals surface area (Å²) in [7, 11) is 4.46. The normalized spacial score (nSPS) is 48.4. The van der Waals surface area contributed by atoms with Gasteiger partial charge in [-0.3, -0.25) is 0 Å². The van der Waals surface area contributed by atoms with Crippen molar-refractivity contribution in [2.45, 2.75) is 57.5 Å². The zero-order valence-corrected chi connectivity index (χ0v) is 13.8. The van der Waals surface area contributed by atoms with Gasteiger partial charge in [-0.1, -0.05) is 0 Å². The van der Waals surface area contributed by atoms with Gasteiger partial charge in [0.1, 0.15) is 0 Å². The summed E-state index contributed by atoms with van der Waals surface area (Å²) in [6, 6.07) is 0. The molecule has 1 heterocycles. The average Bonchev–Trinajstić information content (AvgIpc) is 3.31. The Morgan fingerprint density at radius 2 is 1.67 bits per heavy atom. The molecule has 2 nitrogen and oxygen atoms in total. The fourth-order valence-corrected chi connectivity index (χ4v) is 6.82. The van der Waals surface area contributed by atoms with Gasteiger partial charge in [-0.05, 0) is 94.0 Å². The van der Waals surface area contributed by atoms with E-state index in [-0.39, 0.29) is 0 Å². The predicted molar refractivity (Wildman–Crippen MR) is 84.1 cm³/mol. The molecule has 118 valence electrons. The Kier molecular flexibility index (Phi) is 2.71. The topological polar surface area (TPSA) is 12.5 Å². The summed E-state index contributed by atoms with van der Waals surface area (Å²) in [4.78, 5) is 2.38. The third-order valence-electron chi connectivity index (χ3n) is 8.12. The first-order valence-electron chi connectivity index (χ1n) is 9.40. The molecule has 0 aromatic carbocycles. The van der Waals surface area contributed by atoms with E-state index in [0.29, 0.717) is 6.10 Å². The van der Waals surface area contributed by atoms with Crippen molar-refractivity contribution in [3.8, 4) is 0 Å². The second kappa shape index (κ2) is 4.26. The molecule has 0 aromatic rings. The minimum atomic E-state index is 0.630. The minimum Gasteiger partial charge on any atom is -0.377 e. The van der Waals surface area contributed by atoms with E-state index in [1.165, 1.54) is 45.1 Å². The van der Waals surface area contributed by atoms with E-state index in [0.717, 1.165) is 41.1 Å². The molecule has 4 aliphatic carbocycles. The monoisotopic (exact) mass is 289 g/mol. The summed E-state index contributed by atoms with van der Waals surface area (Å²) in [5, 5.41) is 0. The van der Waals surface area contributed by atoms with Crippen LogP contribution in [-0.4, -0.2) is 38.3 Å². The van der Waals surface area contributed by atoms with Crippen molar-refractivity contribution >= 4 is 0 Å². The molecule has 1 saturated heterocycles. The van der Waals surface area contributed by atoms with Crippen LogP contribution in [0, 0.1) is 34.5 Å². The van der Waals surface area contributed by atoms with E-state index in [9.17, 15) is 0 Å². The van der Waals surface area contributed by atoms with Gasteiger partial charge in [-0.25, -0.2) is 0 Å². The lowest BCUT2D eigenvalue weighted by molar-refractivity contribution is 0.000619. The molecular weight excluding hydrogens is 258 g/mol. The molecule has 5 rings (SSSR count). The first-order chi connectivity index (χ1) is 10.1. The van der Waals surface area contributed by atoms with Crippen LogP contribution in [0.3, 0.4) is 0 Å². The van der Waals surface area contributed by atoms with Crippen molar-refractivity contribution in [2.75, 3.05) is 27.2 Å². The Bertz CT molecular complexity index is 437. The standard InChI is InChI=1S/C19H31NO/c1-20(2)11-13-12-21-17-14(13)3-5-18(7-8-18)15-4-6-19(9-10-19)16(15)17/h13-17H,3-12H2,1-2H3. The van der Waals surface area contributed by atoms with Crippen molar-refractivity contribution in [3.63, 3.8) is 0 Å². The first kappa shape index (κ1) is 13.4. The van der Waals surface area contributed by atoms with Crippen LogP contribution in [-0.2, 0) is 4.74 Å². The Morgan fingerprint density at radius 1 is 0.952 bits per heavy atom. The highest BCUT2D eigenvalue weighted by Gasteiger charge is 2.68. The summed E-state index contributed by atoms with van der Waals surface area (Å²) in [5.41, 5.74) is 1.54. The van der Waals surface area contributed by atoms with Gasteiger partial charge in [0.25, 0.3) is 0 Å². The molecule has 0 amide bonds. The second-order valence-corrected chi connectivity index (χ2v) is 9.42. The van der Waals surface area contributed by atoms with Crippen molar-refractivity contribution in [3.05, 3.63) is 0 Å². The molecule has 5 atom stereocenters. The maximum absolute atomic E-state index is 6.53. The smallest absolute Gasteiger partial charge is 0.0643 e. The van der Waals surface area contributed by atoms with Crippen LogP contribution in [0.4, 0.5) is 0 Å². The summed E-state index contributed by atoms with van der Waals surface area (Å²) in [6.45, 7) is 2.28. The fraction of sp³-hybridized carbons (Fsp3) is 1.00. The van der Waals surface area contributed by atoms with Crippen LogP contribution in [0.15, 0.2) is 0 Å². The Morgan fingerprint density at radius 3 is 2.33 bits per heavy atom. The van der Waals surface area contributed by atoms with E-state index < -0.39 is 0 Å². The Hall–Kier alpha value is -0.0800. The van der Waals surface area contributed by atoms with Gasteiger partial charge in [0.15, 0.2) is 0 Å². The van der Waals surface area contributed by atoms with E-state index >= 15 is 0 Å². The number of nitrogens with zero attached hydrogens (tertiary/aromatic N) is 1. The van der Waals surface area contributed by atoms with Crippen LogP contribution in [0.1, 0.15) is 51.4 Å². The van der Waals surface area contributed by atoms with E-state index in [4.69, 9.17) is 4.74 Å². The van der Waals surface area contributed by atoms with Crippen LogP contribution in [0.2, 0.25) is 0 Å². The van der Waals surface area contributed by atoms with Gasteiger partial charge in [0, 0.05) is 12.5 Å². The number of rotatable bonds is 2. The summed E-state index contributed by atoms with van der Waals surface area (Å²) in [6.07, 6.45) is 12.8. The molecule has 4 saturated carbocycles. The molecule has 0 aromatic heterocycles. The van der Waals surface area contributed by atoms with Crippen molar-refractivity contribution in [1.29, 1.82) is 0 Å². The molecule has 1 aliphatic heterocycles. The lowest BCUT2D eigenvalue weighted by Gasteiger charge is -2.34. The lowest BCUT2D eigenvalue weighted by atomic mass is 9.73. The molecule has 2 heteroatoms. The molecule has 5 aliphatic rings. The van der Waals surface area contributed by atoms with E-state index in [1.807, 2.05) is 0 Å². The van der Waals surface area contributed by atoms with E-state index in [1.54, 1.807) is 12.8 Å². The summed E-state index contributed by atoms with van der Waals surface area (Å²) < 4.78 is 6.53. The van der Waals surface area contributed by atoms with Crippen molar-refractivity contribution < 1.29 is 4.74 Å². The van der Waals surface area contributed by atoms with Crippen molar-refractivity contribution in [2.24, 2.45) is 34.5 Å². The average molecular weight is 289 g/mol. The molecular formula is C19H31NO. The lowest BCUT2D eigenvalue weighted by Crippen LogP contribution is -2.36.